The van der Waals surface area contributed by atoms with Crippen molar-refractivity contribution in [2.75, 3.05) is 11.4 Å². The lowest BCUT2D eigenvalue weighted by Gasteiger charge is -2.31. The molecule has 0 saturated carbocycles. The van der Waals surface area contributed by atoms with E-state index in [2.05, 4.69) is 40.2 Å². The van der Waals surface area contributed by atoms with E-state index in [1.807, 2.05) is 12.1 Å². The number of aryl methyl sites for hydroxylation is 1. The van der Waals surface area contributed by atoms with Gasteiger partial charge in [-0.1, -0.05) is 24.3 Å². The summed E-state index contributed by atoms with van der Waals surface area (Å²) in [5.41, 5.74) is 4.23. The Hall–Kier alpha value is -2.34. The van der Waals surface area contributed by atoms with Crippen molar-refractivity contribution in [1.29, 1.82) is 5.26 Å². The molecule has 0 fully saturated rings. The Morgan fingerprint density at radius 3 is 3.00 bits per heavy atom. The van der Waals surface area contributed by atoms with Crippen LogP contribution in [0.25, 0.3) is 0 Å². The fourth-order valence-electron chi connectivity index (χ4n) is 2.65. The number of hydrogen-bond acceptors (Lipinski definition) is 3. The molecule has 1 aromatic heterocycles. The van der Waals surface area contributed by atoms with Gasteiger partial charge in [-0.3, -0.25) is 0 Å². The summed E-state index contributed by atoms with van der Waals surface area (Å²) >= 11 is 0. The number of pyridine rings is 1. The van der Waals surface area contributed by atoms with E-state index in [1.54, 1.807) is 6.20 Å². The molecule has 0 N–H and O–H groups in total. The molecule has 19 heavy (non-hydrogen) atoms. The smallest absolute Gasteiger partial charge is 0.145 e. The number of aromatic nitrogens is 1. The molecule has 3 rings (SSSR count). The summed E-state index contributed by atoms with van der Waals surface area (Å²) in [4.78, 5) is 6.47. The zero-order valence-electron chi connectivity index (χ0n) is 10.7. The van der Waals surface area contributed by atoms with Gasteiger partial charge in [0.2, 0.25) is 0 Å². The Labute approximate surface area is 113 Å². The second-order valence-electron chi connectivity index (χ2n) is 4.78. The SMILES string of the molecule is N#Cc1ncccc1CN1CCCc2ccccc21. The molecule has 0 amide bonds. The molecule has 0 saturated heterocycles. The first kappa shape index (κ1) is 11.7. The fraction of sp³-hybridized carbons (Fsp3) is 0.250. The predicted octanol–water partition coefficient (Wildman–Crippen LogP) is 2.91. The number of fused-ring (bicyclic) bond motifs is 1. The molecule has 1 aliphatic heterocycles. The topological polar surface area (TPSA) is 39.9 Å². The third-order valence-corrected chi connectivity index (χ3v) is 3.56. The van der Waals surface area contributed by atoms with E-state index in [4.69, 9.17) is 5.26 Å². The Morgan fingerprint density at radius 1 is 1.21 bits per heavy atom. The number of para-hydroxylation sites is 1. The summed E-state index contributed by atoms with van der Waals surface area (Å²) < 4.78 is 0. The first-order chi connectivity index (χ1) is 9.38. The van der Waals surface area contributed by atoms with Crippen LogP contribution in [0, 0.1) is 11.3 Å². The van der Waals surface area contributed by atoms with Gasteiger partial charge < -0.3 is 4.90 Å². The highest BCUT2D eigenvalue weighted by molar-refractivity contribution is 5.56. The van der Waals surface area contributed by atoms with Gasteiger partial charge in [-0.2, -0.15) is 5.26 Å². The summed E-state index contributed by atoms with van der Waals surface area (Å²) in [5.74, 6) is 0. The van der Waals surface area contributed by atoms with Gasteiger partial charge in [0.05, 0.1) is 0 Å². The van der Waals surface area contributed by atoms with Crippen molar-refractivity contribution in [1.82, 2.24) is 4.98 Å². The largest absolute Gasteiger partial charge is 0.367 e. The van der Waals surface area contributed by atoms with Crippen molar-refractivity contribution in [3.05, 3.63) is 59.4 Å². The molecular formula is C16H15N3. The summed E-state index contributed by atoms with van der Waals surface area (Å²) in [7, 11) is 0. The Kier molecular flexibility index (Phi) is 3.16. The van der Waals surface area contributed by atoms with E-state index >= 15 is 0 Å². The maximum Gasteiger partial charge on any atom is 0.145 e. The zero-order valence-corrected chi connectivity index (χ0v) is 10.7. The normalized spacial score (nSPS) is 13.7. The summed E-state index contributed by atoms with van der Waals surface area (Å²) in [6, 6.07) is 14.6. The summed E-state index contributed by atoms with van der Waals surface area (Å²) in [6.07, 6.45) is 3.98. The lowest BCUT2D eigenvalue weighted by molar-refractivity contribution is 0.689. The average molecular weight is 249 g/mol. The van der Waals surface area contributed by atoms with Crippen LogP contribution in [0.1, 0.15) is 23.2 Å². The van der Waals surface area contributed by atoms with Crippen LogP contribution in [-0.2, 0) is 13.0 Å². The minimum Gasteiger partial charge on any atom is -0.367 e. The second-order valence-corrected chi connectivity index (χ2v) is 4.78. The molecule has 0 bridgehead atoms. The van der Waals surface area contributed by atoms with Gasteiger partial charge in [0, 0.05) is 30.5 Å². The summed E-state index contributed by atoms with van der Waals surface area (Å²) in [5, 5.41) is 9.11. The number of benzene rings is 1. The quantitative estimate of drug-likeness (QED) is 0.821. The van der Waals surface area contributed by atoms with Gasteiger partial charge >= 0.3 is 0 Å². The predicted molar refractivity (Wildman–Crippen MR) is 74.8 cm³/mol. The van der Waals surface area contributed by atoms with Crippen LogP contribution in [0.15, 0.2) is 42.6 Å². The molecule has 0 atom stereocenters. The Morgan fingerprint density at radius 2 is 2.11 bits per heavy atom. The molecular weight excluding hydrogens is 234 g/mol. The molecule has 1 aromatic carbocycles. The van der Waals surface area contributed by atoms with Gasteiger partial charge in [-0.25, -0.2) is 4.98 Å². The van der Waals surface area contributed by atoms with Crippen LogP contribution in [0.5, 0.6) is 0 Å². The van der Waals surface area contributed by atoms with Crippen molar-refractivity contribution >= 4 is 5.69 Å². The van der Waals surface area contributed by atoms with Crippen molar-refractivity contribution in [3.8, 4) is 6.07 Å². The van der Waals surface area contributed by atoms with Crippen LogP contribution >= 0.6 is 0 Å². The third kappa shape index (κ3) is 2.30. The van der Waals surface area contributed by atoms with E-state index in [9.17, 15) is 0 Å². The third-order valence-electron chi connectivity index (χ3n) is 3.56. The average Bonchev–Trinajstić information content (AvgIpc) is 2.48. The number of nitriles is 1. The molecule has 94 valence electrons. The molecule has 0 aliphatic carbocycles. The monoisotopic (exact) mass is 249 g/mol. The van der Waals surface area contributed by atoms with E-state index in [1.165, 1.54) is 17.7 Å². The van der Waals surface area contributed by atoms with Crippen LogP contribution in [-0.4, -0.2) is 11.5 Å². The second kappa shape index (κ2) is 5.11. The van der Waals surface area contributed by atoms with Gasteiger partial charge in [-0.15, -0.1) is 0 Å². The van der Waals surface area contributed by atoms with Gasteiger partial charge in [0.25, 0.3) is 0 Å². The molecule has 0 radical (unpaired) electrons. The summed E-state index contributed by atoms with van der Waals surface area (Å²) in [6.45, 7) is 1.80. The Bertz CT molecular complexity index is 628. The van der Waals surface area contributed by atoms with Crippen molar-refractivity contribution < 1.29 is 0 Å². The van der Waals surface area contributed by atoms with Crippen molar-refractivity contribution in [2.45, 2.75) is 19.4 Å². The minimum atomic E-state index is 0.533. The Balaban J connectivity index is 1.91. The van der Waals surface area contributed by atoms with Crippen LogP contribution in [0.4, 0.5) is 5.69 Å². The maximum absolute atomic E-state index is 9.11. The highest BCUT2D eigenvalue weighted by Gasteiger charge is 2.17. The lowest BCUT2D eigenvalue weighted by atomic mass is 10.0. The number of rotatable bonds is 2. The standard InChI is InChI=1S/C16H15N3/c17-11-15-14(6-3-9-18-15)12-19-10-4-7-13-5-1-2-8-16(13)19/h1-3,5-6,8-9H,4,7,10,12H2. The molecule has 3 heteroatoms. The van der Waals surface area contributed by atoms with Crippen LogP contribution in [0.2, 0.25) is 0 Å². The van der Waals surface area contributed by atoms with Crippen molar-refractivity contribution in [3.63, 3.8) is 0 Å². The van der Waals surface area contributed by atoms with Crippen LogP contribution in [0.3, 0.4) is 0 Å². The van der Waals surface area contributed by atoms with Gasteiger partial charge in [-0.05, 0) is 30.5 Å². The molecule has 2 heterocycles. The number of anilines is 1. The number of hydrogen-bond donors (Lipinski definition) is 0. The first-order valence-corrected chi connectivity index (χ1v) is 6.55. The minimum absolute atomic E-state index is 0.533. The van der Waals surface area contributed by atoms with E-state index in [-0.39, 0.29) is 0 Å². The maximum atomic E-state index is 9.11. The highest BCUT2D eigenvalue weighted by Crippen LogP contribution is 2.28. The number of nitrogens with zero attached hydrogens (tertiary/aromatic N) is 3. The molecule has 2 aromatic rings. The highest BCUT2D eigenvalue weighted by atomic mass is 15.1. The van der Waals surface area contributed by atoms with Gasteiger partial charge in [0.15, 0.2) is 0 Å². The van der Waals surface area contributed by atoms with E-state index in [0.29, 0.717) is 5.69 Å². The molecule has 0 unspecified atom stereocenters. The van der Waals surface area contributed by atoms with E-state index in [0.717, 1.165) is 25.1 Å². The molecule has 1 aliphatic rings. The fourth-order valence-corrected chi connectivity index (χ4v) is 2.65. The molecule has 3 nitrogen and oxygen atoms in total. The molecule has 0 spiro atoms. The first-order valence-electron chi connectivity index (χ1n) is 6.55. The zero-order chi connectivity index (χ0) is 13.1. The van der Waals surface area contributed by atoms with Gasteiger partial charge in [0.1, 0.15) is 11.8 Å². The lowest BCUT2D eigenvalue weighted by Crippen LogP contribution is -2.29. The van der Waals surface area contributed by atoms with Crippen LogP contribution < -0.4 is 4.90 Å². The van der Waals surface area contributed by atoms with E-state index < -0.39 is 0 Å². The van der Waals surface area contributed by atoms with Crippen molar-refractivity contribution in [2.24, 2.45) is 0 Å².